The van der Waals surface area contributed by atoms with Crippen LogP contribution in [0.25, 0.3) is 0 Å². The fourth-order valence-electron chi connectivity index (χ4n) is 2.06. The molecule has 0 spiro atoms. The van der Waals surface area contributed by atoms with Gasteiger partial charge in [0.1, 0.15) is 5.75 Å². The average molecular weight is 327 g/mol. The maximum Gasteiger partial charge on any atom is 0.309 e. The van der Waals surface area contributed by atoms with Crippen LogP contribution >= 0.6 is 0 Å². The molecular weight excluding hydrogens is 306 g/mol. The lowest BCUT2D eigenvalue weighted by atomic mass is 9.89. The van der Waals surface area contributed by atoms with Crippen molar-refractivity contribution in [3.63, 3.8) is 0 Å². The van der Waals surface area contributed by atoms with Crippen molar-refractivity contribution in [3.8, 4) is 11.5 Å². The van der Waals surface area contributed by atoms with E-state index >= 15 is 0 Å². The van der Waals surface area contributed by atoms with E-state index in [1.807, 2.05) is 31.2 Å². The first-order valence-electron chi connectivity index (χ1n) is 7.65. The minimum atomic E-state index is -1.13. The number of hydrogen-bond donors (Lipinski definition) is 2. The first-order chi connectivity index (χ1) is 11.3. The third kappa shape index (κ3) is 4.59. The van der Waals surface area contributed by atoms with Crippen molar-refractivity contribution >= 4 is 17.6 Å². The number of hydrogen-bond acceptors (Lipinski definition) is 3. The zero-order valence-corrected chi connectivity index (χ0v) is 14.0. The second-order valence-corrected chi connectivity index (χ2v) is 6.33. The molecule has 0 aliphatic heterocycles. The summed E-state index contributed by atoms with van der Waals surface area (Å²) in [5, 5.41) is 11.8. The lowest BCUT2D eigenvalue weighted by molar-refractivity contribution is -0.148. The quantitative estimate of drug-likeness (QED) is 0.832. The van der Waals surface area contributed by atoms with E-state index in [9.17, 15) is 9.59 Å². The van der Waals surface area contributed by atoms with Crippen LogP contribution in [0.1, 0.15) is 25.8 Å². The third-order valence-corrected chi connectivity index (χ3v) is 3.59. The number of rotatable bonds is 6. The molecule has 0 aromatic heterocycles. The number of aryl methyl sites for hydroxylation is 1. The molecule has 0 heterocycles. The van der Waals surface area contributed by atoms with E-state index < -0.39 is 11.4 Å². The first kappa shape index (κ1) is 17.5. The summed E-state index contributed by atoms with van der Waals surface area (Å²) >= 11 is 0. The van der Waals surface area contributed by atoms with Crippen LogP contribution in [0, 0.1) is 12.3 Å². The van der Waals surface area contributed by atoms with Gasteiger partial charge in [-0.05, 0) is 45.0 Å². The van der Waals surface area contributed by atoms with E-state index in [1.54, 1.807) is 24.3 Å². The summed E-state index contributed by atoms with van der Waals surface area (Å²) in [5.41, 5.74) is 0.501. The van der Waals surface area contributed by atoms with Crippen molar-refractivity contribution in [2.24, 2.45) is 5.41 Å². The molecule has 2 aromatic rings. The predicted molar refractivity (Wildman–Crippen MR) is 92.4 cm³/mol. The van der Waals surface area contributed by atoms with Crippen molar-refractivity contribution < 1.29 is 19.4 Å². The predicted octanol–water partition coefficient (Wildman–Crippen LogP) is 4.23. The average Bonchev–Trinajstić information content (AvgIpc) is 2.50. The van der Waals surface area contributed by atoms with Crippen LogP contribution in [0.2, 0.25) is 0 Å². The van der Waals surface area contributed by atoms with E-state index in [2.05, 4.69) is 5.32 Å². The molecule has 2 rings (SSSR count). The van der Waals surface area contributed by atoms with Crippen LogP contribution in [0.15, 0.2) is 48.5 Å². The molecule has 0 aliphatic carbocycles. The molecular formula is C19H21NO4. The van der Waals surface area contributed by atoms with Gasteiger partial charge in [0, 0.05) is 6.42 Å². The fraction of sp³-hybridized carbons (Fsp3) is 0.263. The molecule has 24 heavy (non-hydrogen) atoms. The number of carbonyl (C=O) groups excluding carboxylic acids is 1. The fourth-order valence-corrected chi connectivity index (χ4v) is 2.06. The van der Waals surface area contributed by atoms with Crippen molar-refractivity contribution in [1.82, 2.24) is 0 Å². The Balaban J connectivity index is 2.12. The summed E-state index contributed by atoms with van der Waals surface area (Å²) in [6.45, 7) is 5.02. The van der Waals surface area contributed by atoms with Gasteiger partial charge >= 0.3 is 5.97 Å². The Morgan fingerprint density at radius 1 is 1.08 bits per heavy atom. The van der Waals surface area contributed by atoms with Crippen LogP contribution in [0.5, 0.6) is 11.5 Å². The number of ether oxygens (including phenoxy) is 1. The van der Waals surface area contributed by atoms with Crippen LogP contribution in [-0.2, 0) is 9.59 Å². The highest BCUT2D eigenvalue weighted by molar-refractivity contribution is 5.95. The highest BCUT2D eigenvalue weighted by atomic mass is 16.5. The minimum Gasteiger partial charge on any atom is -0.481 e. The molecule has 0 atom stereocenters. The molecule has 0 saturated carbocycles. The molecule has 2 N–H and O–H groups in total. The molecule has 126 valence electrons. The lowest BCUT2D eigenvalue weighted by Gasteiger charge is -2.19. The van der Waals surface area contributed by atoms with Crippen LogP contribution in [-0.4, -0.2) is 17.0 Å². The summed E-state index contributed by atoms with van der Waals surface area (Å²) < 4.78 is 5.81. The van der Waals surface area contributed by atoms with E-state index in [4.69, 9.17) is 9.84 Å². The molecule has 2 aromatic carbocycles. The minimum absolute atomic E-state index is 0.124. The van der Waals surface area contributed by atoms with Gasteiger partial charge in [-0.3, -0.25) is 9.59 Å². The Bertz CT molecular complexity index is 735. The Morgan fingerprint density at radius 2 is 1.71 bits per heavy atom. The largest absolute Gasteiger partial charge is 0.481 e. The zero-order chi connectivity index (χ0) is 17.7. The van der Waals surface area contributed by atoms with Gasteiger partial charge in [-0.25, -0.2) is 0 Å². The number of nitrogens with one attached hydrogen (secondary N) is 1. The maximum atomic E-state index is 12.2. The highest BCUT2D eigenvalue weighted by Gasteiger charge is 2.30. The normalized spacial score (nSPS) is 11.0. The van der Waals surface area contributed by atoms with Gasteiger partial charge in [0.05, 0.1) is 11.1 Å². The van der Waals surface area contributed by atoms with Gasteiger partial charge in [-0.1, -0.05) is 29.8 Å². The number of carboxylic acid groups (broad SMARTS) is 1. The van der Waals surface area contributed by atoms with Gasteiger partial charge < -0.3 is 15.2 Å². The molecule has 0 unspecified atom stereocenters. The van der Waals surface area contributed by atoms with Crippen LogP contribution in [0.4, 0.5) is 5.69 Å². The van der Waals surface area contributed by atoms with E-state index in [0.29, 0.717) is 17.2 Å². The number of anilines is 1. The third-order valence-electron chi connectivity index (χ3n) is 3.59. The number of carbonyl (C=O) groups is 2. The van der Waals surface area contributed by atoms with Gasteiger partial charge in [0.25, 0.3) is 0 Å². The van der Waals surface area contributed by atoms with E-state index in [0.717, 1.165) is 5.56 Å². The van der Waals surface area contributed by atoms with Gasteiger partial charge in [-0.2, -0.15) is 0 Å². The van der Waals surface area contributed by atoms with Crippen molar-refractivity contribution in [1.29, 1.82) is 0 Å². The summed E-state index contributed by atoms with van der Waals surface area (Å²) in [6, 6.07) is 14.6. The lowest BCUT2D eigenvalue weighted by Crippen LogP contribution is -2.29. The second kappa shape index (κ2) is 7.17. The molecule has 0 saturated heterocycles. The first-order valence-corrected chi connectivity index (χ1v) is 7.65. The Labute approximate surface area is 141 Å². The molecule has 0 radical (unpaired) electrons. The zero-order valence-electron chi connectivity index (χ0n) is 14.0. The number of carboxylic acids is 1. The number of aliphatic carboxylic acids is 1. The van der Waals surface area contributed by atoms with Crippen LogP contribution < -0.4 is 10.1 Å². The Morgan fingerprint density at radius 3 is 2.33 bits per heavy atom. The molecule has 1 amide bonds. The molecule has 0 bridgehead atoms. The smallest absolute Gasteiger partial charge is 0.309 e. The van der Waals surface area contributed by atoms with Gasteiger partial charge in [0.2, 0.25) is 5.91 Å². The second-order valence-electron chi connectivity index (χ2n) is 6.33. The van der Waals surface area contributed by atoms with Crippen molar-refractivity contribution in [3.05, 3.63) is 54.1 Å². The highest BCUT2D eigenvalue weighted by Crippen LogP contribution is 2.30. The molecule has 5 heteroatoms. The van der Waals surface area contributed by atoms with Gasteiger partial charge in [-0.15, -0.1) is 0 Å². The van der Waals surface area contributed by atoms with Gasteiger partial charge in [0.15, 0.2) is 5.75 Å². The van der Waals surface area contributed by atoms with Crippen molar-refractivity contribution in [2.45, 2.75) is 27.2 Å². The Hall–Kier alpha value is -2.82. The number of amides is 1. The Kier molecular flexibility index (Phi) is 5.24. The maximum absolute atomic E-state index is 12.2. The number of para-hydroxylation sites is 2. The monoisotopic (exact) mass is 327 g/mol. The summed E-state index contributed by atoms with van der Waals surface area (Å²) in [5.74, 6) is -0.222. The topological polar surface area (TPSA) is 75.6 Å². The molecule has 5 nitrogen and oxygen atoms in total. The standard InChI is InChI=1S/C19H21NO4/c1-13-8-10-14(11-9-13)24-16-7-5-4-6-15(16)20-17(21)12-19(2,3)18(22)23/h4-11H,12H2,1-3H3,(H,20,21)(H,22,23). The van der Waals surface area contributed by atoms with E-state index in [-0.39, 0.29) is 12.3 Å². The number of benzene rings is 2. The van der Waals surface area contributed by atoms with E-state index in [1.165, 1.54) is 13.8 Å². The summed E-state index contributed by atoms with van der Waals surface area (Å²) in [6.07, 6.45) is -0.124. The summed E-state index contributed by atoms with van der Waals surface area (Å²) in [4.78, 5) is 23.3. The molecule has 0 aliphatic rings. The summed E-state index contributed by atoms with van der Waals surface area (Å²) in [7, 11) is 0. The molecule has 0 fully saturated rings. The van der Waals surface area contributed by atoms with Crippen molar-refractivity contribution in [2.75, 3.05) is 5.32 Å². The van der Waals surface area contributed by atoms with Crippen LogP contribution in [0.3, 0.4) is 0 Å². The SMILES string of the molecule is Cc1ccc(Oc2ccccc2NC(=O)CC(C)(C)C(=O)O)cc1.